The van der Waals surface area contributed by atoms with Gasteiger partial charge < -0.3 is 4.74 Å². The highest BCUT2D eigenvalue weighted by molar-refractivity contribution is 5.82. The third-order valence-corrected chi connectivity index (χ3v) is 1.61. The van der Waals surface area contributed by atoms with Gasteiger partial charge in [0.1, 0.15) is 5.60 Å². The monoisotopic (exact) mass is 240 g/mol. The fourth-order valence-corrected chi connectivity index (χ4v) is 0.886. The second-order valence-corrected chi connectivity index (χ2v) is 4.80. The van der Waals surface area contributed by atoms with Gasteiger partial charge in [-0.2, -0.15) is 0 Å². The molecular weight excluding hydrogens is 212 g/mol. The molecule has 0 atom stereocenters. The van der Waals surface area contributed by atoms with Gasteiger partial charge in [-0.05, 0) is 33.6 Å². The van der Waals surface area contributed by atoms with Crippen LogP contribution in [0.3, 0.4) is 0 Å². The normalized spacial score (nSPS) is 10.6. The molecule has 0 saturated heterocycles. The first-order chi connectivity index (χ1) is 7.87. The van der Waals surface area contributed by atoms with Crippen molar-refractivity contribution in [1.82, 2.24) is 0 Å². The minimum absolute atomic E-state index is 0.254. The van der Waals surface area contributed by atoms with Crippen LogP contribution in [0, 0.1) is 0 Å². The molecule has 0 amide bonds. The maximum Gasteiger partial charge on any atom is 0.330 e. The number of carbonyl (C=O) groups is 1. The molecule has 2 nitrogen and oxygen atoms in total. The lowest BCUT2D eigenvalue weighted by atomic mass is 10.2. The summed E-state index contributed by atoms with van der Waals surface area (Å²) in [6, 6.07) is 0. The highest BCUT2D eigenvalue weighted by Gasteiger charge is 2.13. The summed E-state index contributed by atoms with van der Waals surface area (Å²) in [6.45, 7) is 13.3. The Hall–Kier alpha value is -1.05. The number of esters is 1. The van der Waals surface area contributed by atoms with Crippen LogP contribution in [-0.4, -0.2) is 11.6 Å². The summed E-state index contributed by atoms with van der Waals surface area (Å²) < 4.78 is 5.06. The molecule has 0 rings (SSSR count). The van der Waals surface area contributed by atoms with E-state index in [2.05, 4.69) is 20.4 Å². The molecule has 2 heteroatoms. The molecule has 0 aromatic carbocycles. The lowest BCUT2D eigenvalue weighted by Gasteiger charge is -2.17. The van der Waals surface area contributed by atoms with E-state index in [9.17, 15) is 4.79 Å². The molecule has 0 aliphatic heterocycles. The fraction of sp³-hybridized carbons (Fsp3) is 0.667. The van der Waals surface area contributed by atoms with Crippen LogP contribution in [0.25, 0.3) is 0 Å². The van der Waals surface area contributed by atoms with Gasteiger partial charge in [-0.3, -0.25) is 0 Å². The molecule has 17 heavy (non-hydrogen) atoms. The Morgan fingerprint density at radius 1 is 1.18 bits per heavy atom. The smallest absolute Gasteiger partial charge is 0.330 e. The van der Waals surface area contributed by atoms with E-state index in [0.717, 1.165) is 19.3 Å². The maximum atomic E-state index is 11.0. The van der Waals surface area contributed by atoms with Crippen LogP contribution in [-0.2, 0) is 9.53 Å². The van der Waals surface area contributed by atoms with Crippen molar-refractivity contribution >= 4 is 5.97 Å². The first kappa shape index (κ1) is 18.3. The summed E-state index contributed by atoms with van der Waals surface area (Å²) in [5.41, 5.74) is -0.381. The summed E-state index contributed by atoms with van der Waals surface area (Å²) in [5.74, 6) is -0.254. The van der Waals surface area contributed by atoms with Crippen molar-refractivity contribution in [3.63, 3.8) is 0 Å². The number of allylic oxidation sites excluding steroid dienone is 2. The van der Waals surface area contributed by atoms with Crippen molar-refractivity contribution in [3.05, 3.63) is 24.8 Å². The van der Waals surface area contributed by atoms with Crippen molar-refractivity contribution in [3.8, 4) is 0 Å². The number of hydrogen-bond donors (Lipinski definition) is 0. The molecule has 0 bridgehead atoms. The van der Waals surface area contributed by atoms with Crippen molar-refractivity contribution in [2.75, 3.05) is 0 Å². The van der Waals surface area contributed by atoms with E-state index in [1.54, 1.807) is 0 Å². The van der Waals surface area contributed by atoms with Crippen molar-refractivity contribution in [2.45, 2.75) is 65.9 Å². The molecule has 0 aromatic rings. The van der Waals surface area contributed by atoms with Crippen LogP contribution in [0.5, 0.6) is 0 Å². The van der Waals surface area contributed by atoms with Gasteiger partial charge in [0, 0.05) is 6.08 Å². The Labute approximate surface area is 107 Å². The summed E-state index contributed by atoms with van der Waals surface area (Å²) in [5, 5.41) is 0. The molecule has 100 valence electrons. The zero-order valence-corrected chi connectivity index (χ0v) is 12.1. The molecule has 0 N–H and O–H groups in total. The van der Waals surface area contributed by atoms with Crippen LogP contribution in [0.4, 0.5) is 0 Å². The van der Waals surface area contributed by atoms with Crippen LogP contribution < -0.4 is 0 Å². The average molecular weight is 240 g/mol. The number of rotatable bonds is 5. The van der Waals surface area contributed by atoms with E-state index in [-0.39, 0.29) is 11.6 Å². The molecule has 0 heterocycles. The van der Waals surface area contributed by atoms with Gasteiger partial charge in [0.25, 0.3) is 0 Å². The third kappa shape index (κ3) is 20.9. The first-order valence-corrected chi connectivity index (χ1v) is 6.37. The molecule has 0 unspecified atom stereocenters. The molecule has 0 radical (unpaired) electrons. The maximum absolute atomic E-state index is 11.0. The van der Waals surface area contributed by atoms with Gasteiger partial charge in [-0.15, -0.1) is 6.58 Å². The largest absolute Gasteiger partial charge is 0.457 e. The Morgan fingerprint density at radius 3 is 2.00 bits per heavy atom. The summed E-state index contributed by atoms with van der Waals surface area (Å²) in [7, 11) is 0. The first-order valence-electron chi connectivity index (χ1n) is 6.37. The summed E-state index contributed by atoms with van der Waals surface area (Å²) >= 11 is 0. The minimum Gasteiger partial charge on any atom is -0.457 e. The molecule has 0 spiro atoms. The lowest BCUT2D eigenvalue weighted by molar-refractivity contribution is -0.148. The Balaban J connectivity index is 0. The lowest BCUT2D eigenvalue weighted by Crippen LogP contribution is -2.22. The standard InChI is InChI=1S/C10H18O2.C5H10/c1-5-6-7-8-9(11)12-10(2,3)4;1-3-5-4-2/h7-8H,5-6H2,1-4H3;3H,1,4-5H2,2H3/b8-7+;. The van der Waals surface area contributed by atoms with E-state index in [0.29, 0.717) is 0 Å². The van der Waals surface area contributed by atoms with Crippen LogP contribution in [0.1, 0.15) is 60.3 Å². The van der Waals surface area contributed by atoms with Crippen LogP contribution >= 0.6 is 0 Å². The fourth-order valence-electron chi connectivity index (χ4n) is 0.886. The summed E-state index contributed by atoms with van der Waals surface area (Å²) in [6.07, 6.45) is 9.63. The number of ether oxygens (including phenoxy) is 1. The topological polar surface area (TPSA) is 26.3 Å². The van der Waals surface area contributed by atoms with Gasteiger partial charge in [0.2, 0.25) is 0 Å². The zero-order chi connectivity index (χ0) is 13.7. The number of carbonyl (C=O) groups excluding carboxylic acids is 1. The Bertz CT molecular complexity index is 222. The van der Waals surface area contributed by atoms with E-state index < -0.39 is 0 Å². The van der Waals surface area contributed by atoms with Crippen LogP contribution in [0.2, 0.25) is 0 Å². The molecule has 0 aliphatic rings. The van der Waals surface area contributed by atoms with Crippen LogP contribution in [0.15, 0.2) is 24.8 Å². The van der Waals surface area contributed by atoms with E-state index in [1.807, 2.05) is 32.9 Å². The van der Waals surface area contributed by atoms with E-state index >= 15 is 0 Å². The number of unbranched alkanes of at least 4 members (excludes halogenated alkanes) is 2. The minimum atomic E-state index is -0.381. The van der Waals surface area contributed by atoms with Gasteiger partial charge in [-0.25, -0.2) is 4.79 Å². The molecule has 0 saturated carbocycles. The van der Waals surface area contributed by atoms with Gasteiger partial charge in [0.15, 0.2) is 0 Å². The molecule has 0 fully saturated rings. The predicted molar refractivity (Wildman–Crippen MR) is 75.0 cm³/mol. The quantitative estimate of drug-likeness (QED) is 0.397. The molecular formula is C15H28O2. The number of hydrogen-bond acceptors (Lipinski definition) is 2. The molecule has 0 aromatic heterocycles. The summed E-state index contributed by atoms with van der Waals surface area (Å²) in [4.78, 5) is 11.0. The zero-order valence-electron chi connectivity index (χ0n) is 12.1. The predicted octanol–water partition coefficient (Wildman–Crippen LogP) is 4.66. The Kier molecular flexibility index (Phi) is 12.3. The molecule has 0 aliphatic carbocycles. The second kappa shape index (κ2) is 11.4. The van der Waals surface area contributed by atoms with E-state index in [4.69, 9.17) is 4.74 Å². The van der Waals surface area contributed by atoms with Gasteiger partial charge >= 0.3 is 5.97 Å². The van der Waals surface area contributed by atoms with Gasteiger partial charge in [-0.1, -0.05) is 38.8 Å². The SMILES string of the molecule is C=CCCC.CCC/C=C/C(=O)OC(C)(C)C. The van der Waals surface area contributed by atoms with Gasteiger partial charge in [0.05, 0.1) is 0 Å². The van der Waals surface area contributed by atoms with Crippen molar-refractivity contribution in [1.29, 1.82) is 0 Å². The highest BCUT2D eigenvalue weighted by atomic mass is 16.6. The van der Waals surface area contributed by atoms with E-state index in [1.165, 1.54) is 12.5 Å². The highest BCUT2D eigenvalue weighted by Crippen LogP contribution is 2.07. The Morgan fingerprint density at radius 2 is 1.71 bits per heavy atom. The average Bonchev–Trinajstić information content (AvgIpc) is 2.17. The second-order valence-electron chi connectivity index (χ2n) is 4.80. The van der Waals surface area contributed by atoms with Crippen molar-refractivity contribution < 1.29 is 9.53 Å². The third-order valence-electron chi connectivity index (χ3n) is 1.61. The van der Waals surface area contributed by atoms with Crippen molar-refractivity contribution in [2.24, 2.45) is 0 Å².